The summed E-state index contributed by atoms with van der Waals surface area (Å²) in [6.45, 7) is 6.71. The molecular weight excluding hydrogens is 322 g/mol. The van der Waals surface area contributed by atoms with Crippen LogP contribution in [0.4, 0.5) is 5.95 Å². The molecule has 7 nitrogen and oxygen atoms in total. The van der Waals surface area contributed by atoms with Gasteiger partial charge in [0.15, 0.2) is 0 Å². The van der Waals surface area contributed by atoms with E-state index in [9.17, 15) is 9.59 Å². The molecule has 0 saturated heterocycles. The van der Waals surface area contributed by atoms with Gasteiger partial charge in [0.1, 0.15) is 5.69 Å². The van der Waals surface area contributed by atoms with Crippen molar-refractivity contribution in [1.82, 2.24) is 9.55 Å². The van der Waals surface area contributed by atoms with Crippen molar-refractivity contribution in [2.24, 2.45) is 7.05 Å². The number of carbonyl (C=O) groups excluding carboxylic acids is 1. The molecule has 7 heteroatoms. The van der Waals surface area contributed by atoms with Crippen LogP contribution in [0, 0.1) is 0 Å². The van der Waals surface area contributed by atoms with E-state index in [1.54, 1.807) is 7.05 Å². The number of anilines is 1. The summed E-state index contributed by atoms with van der Waals surface area (Å²) in [6.07, 6.45) is 5.50. The maximum atomic E-state index is 12.2. The van der Waals surface area contributed by atoms with Crippen LogP contribution in [0.1, 0.15) is 71.3 Å². The van der Waals surface area contributed by atoms with E-state index in [1.807, 2.05) is 0 Å². The summed E-state index contributed by atoms with van der Waals surface area (Å²) in [5, 5.41) is 2.56. The summed E-state index contributed by atoms with van der Waals surface area (Å²) in [5.74, 6) is -0.0988. The lowest BCUT2D eigenvalue weighted by Crippen LogP contribution is -2.26. The van der Waals surface area contributed by atoms with Crippen LogP contribution in [0.5, 0.6) is 0 Å². The minimum atomic E-state index is -0.699. The summed E-state index contributed by atoms with van der Waals surface area (Å²) in [5.41, 5.74) is 0.118. The molecule has 0 atom stereocenters. The van der Waals surface area contributed by atoms with E-state index in [0.29, 0.717) is 18.9 Å². The highest BCUT2D eigenvalue weighted by molar-refractivity contribution is 5.86. The van der Waals surface area contributed by atoms with E-state index in [4.69, 9.17) is 9.47 Å². The van der Waals surface area contributed by atoms with Gasteiger partial charge in [0, 0.05) is 20.0 Å². The highest BCUT2D eigenvalue weighted by Crippen LogP contribution is 2.19. The topological polar surface area (TPSA) is 82.5 Å². The number of hydrogen-bond donors (Lipinski definition) is 1. The molecule has 0 unspecified atom stereocenters. The zero-order valence-corrected chi connectivity index (χ0v) is 15.8. The van der Waals surface area contributed by atoms with Gasteiger partial charge < -0.3 is 9.47 Å². The van der Waals surface area contributed by atoms with Crippen molar-refractivity contribution in [3.05, 3.63) is 22.1 Å². The van der Waals surface area contributed by atoms with Gasteiger partial charge in [-0.2, -0.15) is 0 Å². The number of hydrogen-bond acceptors (Lipinski definition) is 5. The van der Waals surface area contributed by atoms with Crippen LogP contribution in [-0.4, -0.2) is 28.7 Å². The van der Waals surface area contributed by atoms with Crippen LogP contribution in [0.15, 0.2) is 10.9 Å². The molecule has 0 fully saturated rings. The van der Waals surface area contributed by atoms with E-state index in [2.05, 4.69) is 24.1 Å². The van der Waals surface area contributed by atoms with Crippen LogP contribution in [0.3, 0.4) is 0 Å². The van der Waals surface area contributed by atoms with E-state index >= 15 is 0 Å². The zero-order chi connectivity index (χ0) is 18.7. The zero-order valence-electron chi connectivity index (χ0n) is 15.8. The van der Waals surface area contributed by atoms with Crippen molar-refractivity contribution in [2.75, 3.05) is 18.5 Å². The van der Waals surface area contributed by atoms with Gasteiger partial charge in [-0.05, 0) is 12.8 Å². The van der Waals surface area contributed by atoms with Gasteiger partial charge in [0.25, 0.3) is 5.56 Å². The Morgan fingerprint density at radius 3 is 2.20 bits per heavy atom. The van der Waals surface area contributed by atoms with Crippen molar-refractivity contribution < 1.29 is 14.3 Å². The quantitative estimate of drug-likeness (QED) is 0.461. The second-order valence-corrected chi connectivity index (χ2v) is 6.07. The van der Waals surface area contributed by atoms with Gasteiger partial charge in [-0.1, -0.05) is 39.5 Å². The third-order valence-corrected chi connectivity index (χ3v) is 3.72. The monoisotopic (exact) mass is 353 g/mol. The molecule has 0 aliphatic rings. The largest absolute Gasteiger partial charge is 0.347 e. The van der Waals surface area contributed by atoms with E-state index in [0.717, 1.165) is 38.5 Å². The fourth-order valence-corrected chi connectivity index (χ4v) is 2.25. The molecule has 0 spiro atoms. The number of amides is 1. The van der Waals surface area contributed by atoms with Crippen LogP contribution in [-0.2, 0) is 21.3 Å². The van der Waals surface area contributed by atoms with Crippen molar-refractivity contribution in [1.29, 1.82) is 0 Å². The Morgan fingerprint density at radius 2 is 1.72 bits per heavy atom. The number of nitrogens with one attached hydrogen (secondary N) is 1. The third kappa shape index (κ3) is 7.79. The predicted molar refractivity (Wildman–Crippen MR) is 97.5 cm³/mol. The van der Waals surface area contributed by atoms with Crippen LogP contribution in [0.2, 0.25) is 0 Å². The number of unbranched alkanes of at least 4 members (excludes halogenated alkanes) is 4. The fraction of sp³-hybridized carbons (Fsp3) is 0.722. The lowest BCUT2D eigenvalue weighted by Gasteiger charge is -2.19. The first kappa shape index (κ1) is 21.3. The van der Waals surface area contributed by atoms with Gasteiger partial charge in [-0.3, -0.25) is 19.5 Å². The highest BCUT2D eigenvalue weighted by atomic mass is 16.7. The van der Waals surface area contributed by atoms with E-state index in [-0.39, 0.29) is 17.4 Å². The van der Waals surface area contributed by atoms with E-state index in [1.165, 1.54) is 17.6 Å². The summed E-state index contributed by atoms with van der Waals surface area (Å²) in [4.78, 5) is 27.8. The van der Waals surface area contributed by atoms with Crippen molar-refractivity contribution in [3.63, 3.8) is 0 Å². The highest BCUT2D eigenvalue weighted by Gasteiger charge is 2.18. The number of aromatic nitrogens is 2. The summed E-state index contributed by atoms with van der Waals surface area (Å²) in [6, 6.07) is 1.40. The molecule has 0 aliphatic heterocycles. The first-order chi connectivity index (χ1) is 12.0. The van der Waals surface area contributed by atoms with Gasteiger partial charge in [-0.15, -0.1) is 0 Å². The first-order valence-corrected chi connectivity index (χ1v) is 9.08. The predicted octanol–water partition coefficient (Wildman–Crippen LogP) is 3.15. The van der Waals surface area contributed by atoms with Crippen molar-refractivity contribution in [3.8, 4) is 0 Å². The van der Waals surface area contributed by atoms with Gasteiger partial charge in [0.2, 0.25) is 18.1 Å². The molecular formula is C18H31N3O4. The smallest absolute Gasteiger partial charge is 0.255 e. The molecule has 1 aromatic rings. The molecule has 0 bridgehead atoms. The first-order valence-electron chi connectivity index (χ1n) is 9.08. The molecule has 1 N–H and O–H groups in total. The molecule has 0 saturated carbocycles. The second kappa shape index (κ2) is 11.8. The number of rotatable bonds is 12. The van der Waals surface area contributed by atoms with E-state index < -0.39 is 6.29 Å². The standard InChI is InChI=1S/C18H31N3O4/c1-5-7-9-11-24-17(25-12-10-8-6-2)15-13-16(23)21(4)18(20-15)19-14(3)22/h13,17H,5-12H2,1-4H3,(H,19,20,22). The van der Waals surface area contributed by atoms with Crippen LogP contribution >= 0.6 is 0 Å². The molecule has 25 heavy (non-hydrogen) atoms. The molecule has 1 rings (SSSR count). The summed E-state index contributed by atoms with van der Waals surface area (Å²) in [7, 11) is 1.56. The maximum Gasteiger partial charge on any atom is 0.255 e. The normalized spacial score (nSPS) is 11.1. The molecule has 1 heterocycles. The van der Waals surface area contributed by atoms with Gasteiger partial charge in [-0.25, -0.2) is 4.98 Å². The van der Waals surface area contributed by atoms with Crippen LogP contribution < -0.4 is 10.9 Å². The maximum absolute atomic E-state index is 12.2. The Balaban J connectivity index is 2.91. The fourth-order valence-electron chi connectivity index (χ4n) is 2.25. The molecule has 0 aliphatic carbocycles. The molecule has 0 aromatic carbocycles. The molecule has 1 aromatic heterocycles. The number of nitrogens with zero attached hydrogens (tertiary/aromatic N) is 2. The SMILES string of the molecule is CCCCCOC(OCCCCC)c1cc(=O)n(C)c(NC(C)=O)n1. The van der Waals surface area contributed by atoms with Crippen molar-refractivity contribution >= 4 is 11.9 Å². The summed E-state index contributed by atoms with van der Waals surface area (Å²) >= 11 is 0. The second-order valence-electron chi connectivity index (χ2n) is 6.07. The number of carbonyl (C=O) groups is 1. The van der Waals surface area contributed by atoms with Gasteiger partial charge in [0.05, 0.1) is 13.2 Å². The Hall–Kier alpha value is -1.73. The Kier molecular flexibility index (Phi) is 10.0. The molecule has 142 valence electrons. The lowest BCUT2D eigenvalue weighted by atomic mass is 10.2. The Bertz CT molecular complexity index is 574. The minimum absolute atomic E-state index is 0.189. The average Bonchev–Trinajstić information content (AvgIpc) is 2.57. The summed E-state index contributed by atoms with van der Waals surface area (Å²) < 4.78 is 12.9. The number of ether oxygens (including phenoxy) is 2. The molecule has 1 amide bonds. The Labute approximate surface area is 149 Å². The van der Waals surface area contributed by atoms with Gasteiger partial charge >= 0.3 is 0 Å². The molecule has 0 radical (unpaired) electrons. The lowest BCUT2D eigenvalue weighted by molar-refractivity contribution is -0.150. The minimum Gasteiger partial charge on any atom is -0.347 e. The average molecular weight is 353 g/mol. The Morgan fingerprint density at radius 1 is 1.16 bits per heavy atom. The van der Waals surface area contributed by atoms with Crippen molar-refractivity contribution in [2.45, 2.75) is 65.6 Å². The third-order valence-electron chi connectivity index (χ3n) is 3.72. The van der Waals surface area contributed by atoms with Crippen LogP contribution in [0.25, 0.3) is 0 Å².